The summed E-state index contributed by atoms with van der Waals surface area (Å²) in [4.78, 5) is 15.7. The first-order valence-electron chi connectivity index (χ1n) is 13.1. The molecule has 2 atom stereocenters. The zero-order valence-electron chi connectivity index (χ0n) is 20.8. The van der Waals surface area contributed by atoms with Gasteiger partial charge in [0.1, 0.15) is 5.41 Å². The Morgan fingerprint density at radius 3 is 2.12 bits per heavy atom. The summed E-state index contributed by atoms with van der Waals surface area (Å²) in [5.41, 5.74) is 7.41. The average Bonchev–Trinajstić information content (AvgIpc) is 3.33. The summed E-state index contributed by atoms with van der Waals surface area (Å²) in [6.07, 6.45) is 8.38. The van der Waals surface area contributed by atoms with Crippen LogP contribution in [0, 0.1) is 5.92 Å². The number of aliphatic hydroxyl groups is 1. The van der Waals surface area contributed by atoms with Crippen molar-refractivity contribution < 1.29 is 9.90 Å². The largest absolute Gasteiger partial charge is 0.395 e. The van der Waals surface area contributed by atoms with E-state index in [0.29, 0.717) is 0 Å². The zero-order chi connectivity index (χ0) is 24.2. The molecule has 0 spiro atoms. The minimum atomic E-state index is -0.793. The van der Waals surface area contributed by atoms with Gasteiger partial charge in [-0.05, 0) is 62.9 Å². The highest BCUT2D eigenvalue weighted by molar-refractivity contribution is 5.91. The first-order chi connectivity index (χ1) is 16.6. The van der Waals surface area contributed by atoms with Gasteiger partial charge in [0, 0.05) is 12.6 Å². The van der Waals surface area contributed by atoms with E-state index in [1.807, 2.05) is 43.3 Å². The highest BCUT2D eigenvalue weighted by Crippen LogP contribution is 2.43. The molecule has 0 saturated carbocycles. The number of unbranched alkanes of at least 4 members (excludes halogenated alkanes) is 5. The monoisotopic (exact) mass is 465 g/mol. The Morgan fingerprint density at radius 2 is 1.56 bits per heavy atom. The summed E-state index contributed by atoms with van der Waals surface area (Å²) in [5, 5.41) is 12.4. The number of hydrogen-bond donors (Lipinski definition) is 3. The van der Waals surface area contributed by atoms with E-state index < -0.39 is 5.41 Å². The second-order valence-corrected chi connectivity index (χ2v) is 9.85. The number of benzene rings is 2. The van der Waals surface area contributed by atoms with Crippen molar-refractivity contribution in [3.63, 3.8) is 0 Å². The number of nitrogens with zero attached hydrogens (tertiary/aromatic N) is 1. The number of hydrogen-bond acceptors (Lipinski definition) is 4. The summed E-state index contributed by atoms with van der Waals surface area (Å²) in [6.45, 7) is 6.21. The third kappa shape index (κ3) is 6.68. The quantitative estimate of drug-likeness (QED) is 0.346. The zero-order valence-corrected chi connectivity index (χ0v) is 20.8. The molecule has 0 radical (unpaired) electrons. The van der Waals surface area contributed by atoms with Crippen LogP contribution in [0.15, 0.2) is 60.7 Å². The van der Waals surface area contributed by atoms with E-state index in [1.165, 1.54) is 38.5 Å². The fraction of sp³-hybridized carbons (Fsp3) is 0.552. The molecule has 2 aromatic rings. The second-order valence-electron chi connectivity index (χ2n) is 9.85. The van der Waals surface area contributed by atoms with Crippen LogP contribution in [0.5, 0.6) is 0 Å². The van der Waals surface area contributed by atoms with Gasteiger partial charge in [-0.25, -0.2) is 0 Å². The van der Waals surface area contributed by atoms with Gasteiger partial charge in [0.05, 0.1) is 6.61 Å². The maximum Gasteiger partial charge on any atom is 0.232 e. The molecule has 2 aromatic carbocycles. The van der Waals surface area contributed by atoms with Gasteiger partial charge < -0.3 is 21.1 Å². The summed E-state index contributed by atoms with van der Waals surface area (Å²) < 4.78 is 0. The van der Waals surface area contributed by atoms with Crippen LogP contribution in [0.3, 0.4) is 0 Å². The van der Waals surface area contributed by atoms with E-state index in [4.69, 9.17) is 10.8 Å². The van der Waals surface area contributed by atoms with Crippen molar-refractivity contribution in [2.45, 2.75) is 63.3 Å². The van der Waals surface area contributed by atoms with E-state index in [2.05, 4.69) is 34.5 Å². The minimum absolute atomic E-state index is 0.170. The van der Waals surface area contributed by atoms with E-state index in [0.717, 1.165) is 43.7 Å². The highest BCUT2D eigenvalue weighted by atomic mass is 16.3. The van der Waals surface area contributed by atoms with E-state index in [9.17, 15) is 4.79 Å². The molecule has 5 heteroatoms. The number of likely N-dealkylation sites (tertiary alicyclic amines) is 1. The number of carbonyl (C=O) groups excluding carboxylic acids is 1. The molecular weight excluding hydrogens is 422 g/mol. The SMILES string of the molecule is CC(CO)NCCCCCCCCN1CC[C@H](C(C(N)=O)(c2ccccc2)c2ccccc2)C1. The van der Waals surface area contributed by atoms with Crippen molar-refractivity contribution in [2.75, 3.05) is 32.8 Å². The van der Waals surface area contributed by atoms with Crippen molar-refractivity contribution in [3.05, 3.63) is 71.8 Å². The molecule has 1 aliphatic heterocycles. The first kappa shape index (κ1) is 26.4. The molecule has 1 saturated heterocycles. The van der Waals surface area contributed by atoms with Crippen molar-refractivity contribution in [3.8, 4) is 0 Å². The fourth-order valence-corrected chi connectivity index (χ4v) is 5.50. The van der Waals surface area contributed by atoms with E-state index in [-0.39, 0.29) is 24.5 Å². The third-order valence-corrected chi connectivity index (χ3v) is 7.40. The molecule has 0 aliphatic carbocycles. The van der Waals surface area contributed by atoms with Crippen LogP contribution in [0.25, 0.3) is 0 Å². The average molecular weight is 466 g/mol. The Labute approximate surface area is 205 Å². The summed E-state index contributed by atoms with van der Waals surface area (Å²) in [5.74, 6) is -0.0803. The Bertz CT molecular complexity index is 803. The molecule has 1 heterocycles. The van der Waals surface area contributed by atoms with Gasteiger partial charge in [-0.3, -0.25) is 4.79 Å². The van der Waals surface area contributed by atoms with E-state index in [1.54, 1.807) is 0 Å². The van der Waals surface area contributed by atoms with Gasteiger partial charge in [-0.2, -0.15) is 0 Å². The third-order valence-electron chi connectivity index (χ3n) is 7.40. The van der Waals surface area contributed by atoms with Crippen LogP contribution in [0.1, 0.15) is 63.0 Å². The summed E-state index contributed by atoms with van der Waals surface area (Å²) >= 11 is 0. The predicted octanol–water partition coefficient (Wildman–Crippen LogP) is 4.09. The van der Waals surface area contributed by atoms with Crippen LogP contribution in [-0.2, 0) is 10.2 Å². The van der Waals surface area contributed by atoms with Crippen LogP contribution >= 0.6 is 0 Å². The maximum absolute atomic E-state index is 13.2. The van der Waals surface area contributed by atoms with Crippen molar-refractivity contribution in [2.24, 2.45) is 11.7 Å². The van der Waals surface area contributed by atoms with Crippen LogP contribution in [-0.4, -0.2) is 54.7 Å². The van der Waals surface area contributed by atoms with Crippen LogP contribution < -0.4 is 11.1 Å². The number of rotatable bonds is 15. The van der Waals surface area contributed by atoms with Crippen molar-refractivity contribution in [1.29, 1.82) is 0 Å². The Balaban J connectivity index is 1.51. The fourth-order valence-electron chi connectivity index (χ4n) is 5.50. The molecule has 1 amide bonds. The molecule has 186 valence electrons. The van der Waals surface area contributed by atoms with Gasteiger partial charge in [0.2, 0.25) is 5.91 Å². The van der Waals surface area contributed by atoms with Gasteiger partial charge >= 0.3 is 0 Å². The van der Waals surface area contributed by atoms with Gasteiger partial charge in [-0.15, -0.1) is 0 Å². The number of carbonyl (C=O) groups is 1. The predicted molar refractivity (Wildman–Crippen MR) is 140 cm³/mol. The molecule has 34 heavy (non-hydrogen) atoms. The minimum Gasteiger partial charge on any atom is -0.395 e. The number of nitrogens with two attached hydrogens (primary N) is 1. The lowest BCUT2D eigenvalue weighted by Gasteiger charge is -2.37. The van der Waals surface area contributed by atoms with Crippen LogP contribution in [0.4, 0.5) is 0 Å². The summed E-state index contributed by atoms with van der Waals surface area (Å²) in [7, 11) is 0. The molecule has 5 nitrogen and oxygen atoms in total. The number of aliphatic hydroxyl groups excluding tert-OH is 1. The second kappa shape index (κ2) is 13.6. The molecule has 0 aromatic heterocycles. The standard InChI is InChI=1S/C29H43N3O2/c1-24(23-33)31-19-12-4-2-3-5-13-20-32-21-18-27(22-32)29(28(30)34,25-14-8-6-9-15-25)26-16-10-7-11-17-26/h6-11,14-17,24,27,31,33H,2-5,12-13,18-23H2,1H3,(H2,30,34)/t24?,27-/m0/s1. The molecule has 1 fully saturated rings. The normalized spacial score (nSPS) is 17.6. The van der Waals surface area contributed by atoms with Crippen LogP contribution in [0.2, 0.25) is 0 Å². The van der Waals surface area contributed by atoms with Crippen molar-refractivity contribution >= 4 is 5.91 Å². The molecule has 1 unspecified atom stereocenters. The lowest BCUT2D eigenvalue weighted by Crippen LogP contribution is -2.49. The topological polar surface area (TPSA) is 78.6 Å². The number of amides is 1. The van der Waals surface area contributed by atoms with Gasteiger partial charge in [0.15, 0.2) is 0 Å². The maximum atomic E-state index is 13.2. The molecular formula is C29H43N3O2. The lowest BCUT2D eigenvalue weighted by atomic mass is 9.64. The molecule has 0 bridgehead atoms. The van der Waals surface area contributed by atoms with Crippen molar-refractivity contribution in [1.82, 2.24) is 10.2 Å². The highest BCUT2D eigenvalue weighted by Gasteiger charge is 2.49. The van der Waals surface area contributed by atoms with Gasteiger partial charge in [0.25, 0.3) is 0 Å². The molecule has 4 N–H and O–H groups in total. The van der Waals surface area contributed by atoms with Gasteiger partial charge in [-0.1, -0.05) is 86.3 Å². The summed E-state index contributed by atoms with van der Waals surface area (Å²) in [6, 6.07) is 20.4. The Hall–Kier alpha value is -2.21. The Kier molecular flexibility index (Phi) is 10.6. The molecule has 3 rings (SSSR count). The first-order valence-corrected chi connectivity index (χ1v) is 13.1. The smallest absolute Gasteiger partial charge is 0.232 e. The van der Waals surface area contributed by atoms with E-state index >= 15 is 0 Å². The number of primary amides is 1. The number of nitrogens with one attached hydrogen (secondary N) is 1. The Morgan fingerprint density at radius 1 is 1.00 bits per heavy atom. The molecule has 1 aliphatic rings. The lowest BCUT2D eigenvalue weighted by molar-refractivity contribution is -0.123.